The molecular weight excluding hydrogens is 338 g/mol. The molecule has 0 radical (unpaired) electrons. The molecule has 0 saturated heterocycles. The number of nitro groups is 1. The number of hydrogen-bond acceptors (Lipinski definition) is 6. The highest BCUT2D eigenvalue weighted by atomic mass is 32.2. The van der Waals surface area contributed by atoms with Crippen molar-refractivity contribution in [2.75, 3.05) is 12.3 Å². The minimum absolute atomic E-state index is 0.219. The lowest BCUT2D eigenvalue weighted by Crippen LogP contribution is -2.33. The highest BCUT2D eigenvalue weighted by Gasteiger charge is 2.10. The van der Waals surface area contributed by atoms with E-state index in [1.165, 1.54) is 4.88 Å². The van der Waals surface area contributed by atoms with Gasteiger partial charge in [0.15, 0.2) is 0 Å². The van der Waals surface area contributed by atoms with E-state index in [0.717, 1.165) is 34.4 Å². The first kappa shape index (κ1) is 17.2. The second-order valence-electron chi connectivity index (χ2n) is 4.59. The fourth-order valence-corrected chi connectivity index (χ4v) is 3.49. The van der Waals surface area contributed by atoms with Gasteiger partial charge >= 0.3 is 0 Å². The molecule has 0 aliphatic heterocycles. The van der Waals surface area contributed by atoms with Crippen LogP contribution < -0.4 is 10.9 Å². The largest absolute Gasteiger partial charge is 0.354 e. The van der Waals surface area contributed by atoms with Gasteiger partial charge in [-0.25, -0.2) is 0 Å². The Bertz CT molecular complexity index is 728. The van der Waals surface area contributed by atoms with Crippen molar-refractivity contribution in [1.29, 1.82) is 0 Å². The summed E-state index contributed by atoms with van der Waals surface area (Å²) in [6, 6.07) is 6.27. The van der Waals surface area contributed by atoms with Crippen LogP contribution in [0.5, 0.6) is 0 Å². The van der Waals surface area contributed by atoms with E-state index in [1.807, 2.05) is 11.4 Å². The van der Waals surface area contributed by atoms with Gasteiger partial charge in [-0.1, -0.05) is 6.07 Å². The van der Waals surface area contributed by atoms with Crippen LogP contribution in [0.1, 0.15) is 4.88 Å². The van der Waals surface area contributed by atoms with Crippen LogP contribution >= 0.6 is 23.1 Å². The van der Waals surface area contributed by atoms with Gasteiger partial charge in [0.2, 0.25) is 5.91 Å². The van der Waals surface area contributed by atoms with E-state index in [4.69, 9.17) is 0 Å². The van der Waals surface area contributed by atoms with Gasteiger partial charge in [0.05, 0.1) is 11.1 Å². The standard InChI is InChI=1S/C14H15N3O4S2/c18-13(15-5-7-22-10-12-2-1-6-23-12)9-16-8-11(17(20)21)3-4-14(16)19/h1-4,6,8H,5,7,9-10H2,(H,15,18). The van der Waals surface area contributed by atoms with Gasteiger partial charge in [-0.05, 0) is 11.4 Å². The molecule has 0 spiro atoms. The van der Waals surface area contributed by atoms with E-state index in [1.54, 1.807) is 23.1 Å². The monoisotopic (exact) mass is 353 g/mol. The average molecular weight is 353 g/mol. The Hall–Kier alpha value is -2.13. The second-order valence-corrected chi connectivity index (χ2v) is 6.73. The van der Waals surface area contributed by atoms with E-state index >= 15 is 0 Å². The zero-order valence-electron chi connectivity index (χ0n) is 12.1. The third kappa shape index (κ3) is 5.53. The highest BCUT2D eigenvalue weighted by molar-refractivity contribution is 7.98. The van der Waals surface area contributed by atoms with Crippen molar-refractivity contribution in [1.82, 2.24) is 9.88 Å². The van der Waals surface area contributed by atoms with Gasteiger partial charge in [-0.2, -0.15) is 11.8 Å². The van der Waals surface area contributed by atoms with Gasteiger partial charge in [0.1, 0.15) is 6.54 Å². The molecule has 2 aromatic heterocycles. The molecular formula is C14H15N3O4S2. The lowest BCUT2D eigenvalue weighted by atomic mass is 10.4. The van der Waals surface area contributed by atoms with E-state index in [2.05, 4.69) is 11.4 Å². The molecule has 0 aliphatic rings. The molecule has 0 saturated carbocycles. The fourth-order valence-electron chi connectivity index (χ4n) is 1.79. The zero-order valence-corrected chi connectivity index (χ0v) is 13.8. The van der Waals surface area contributed by atoms with Crippen LogP contribution in [0.2, 0.25) is 0 Å². The lowest BCUT2D eigenvalue weighted by molar-refractivity contribution is -0.385. The summed E-state index contributed by atoms with van der Waals surface area (Å²) >= 11 is 3.40. The van der Waals surface area contributed by atoms with Crippen molar-refractivity contribution in [3.05, 3.63) is 61.2 Å². The Balaban J connectivity index is 1.75. The molecule has 2 aromatic rings. The summed E-state index contributed by atoms with van der Waals surface area (Å²) < 4.78 is 1.03. The molecule has 0 atom stereocenters. The van der Waals surface area contributed by atoms with Crippen LogP contribution in [0.3, 0.4) is 0 Å². The number of nitrogens with zero attached hydrogens (tertiary/aromatic N) is 2. The number of carbonyl (C=O) groups is 1. The van der Waals surface area contributed by atoms with Crippen LogP contribution in [0.4, 0.5) is 5.69 Å². The van der Waals surface area contributed by atoms with E-state index in [0.29, 0.717) is 6.54 Å². The second kappa shape index (κ2) is 8.49. The Morgan fingerprint density at radius 2 is 2.22 bits per heavy atom. The third-order valence-corrected chi connectivity index (χ3v) is 4.95. The Morgan fingerprint density at radius 1 is 1.39 bits per heavy atom. The molecule has 7 nitrogen and oxygen atoms in total. The summed E-state index contributed by atoms with van der Waals surface area (Å²) in [7, 11) is 0. The van der Waals surface area contributed by atoms with Gasteiger partial charge in [-0.15, -0.1) is 11.3 Å². The number of aromatic nitrogens is 1. The molecule has 2 heterocycles. The molecule has 122 valence electrons. The van der Waals surface area contributed by atoms with Crippen LogP contribution in [-0.4, -0.2) is 27.7 Å². The predicted molar refractivity (Wildman–Crippen MR) is 90.8 cm³/mol. The van der Waals surface area contributed by atoms with Gasteiger partial charge in [-0.3, -0.25) is 24.3 Å². The van der Waals surface area contributed by atoms with Gasteiger partial charge < -0.3 is 5.32 Å². The zero-order chi connectivity index (χ0) is 16.7. The van der Waals surface area contributed by atoms with E-state index < -0.39 is 10.5 Å². The lowest BCUT2D eigenvalue weighted by Gasteiger charge is -2.07. The van der Waals surface area contributed by atoms with Crippen molar-refractivity contribution >= 4 is 34.7 Å². The Kier molecular flexibility index (Phi) is 6.36. The number of amides is 1. The maximum atomic E-state index is 11.8. The summed E-state index contributed by atoms with van der Waals surface area (Å²) in [5.74, 6) is 1.31. The summed E-state index contributed by atoms with van der Waals surface area (Å²) in [5.41, 5.74) is -0.665. The Morgan fingerprint density at radius 3 is 2.91 bits per heavy atom. The molecule has 1 N–H and O–H groups in total. The SMILES string of the molecule is O=C(Cn1cc([N+](=O)[O-])ccc1=O)NCCSCc1cccs1. The molecule has 2 rings (SSSR count). The summed E-state index contributed by atoms with van der Waals surface area (Å²) in [6.45, 7) is 0.259. The minimum atomic E-state index is -0.602. The van der Waals surface area contributed by atoms with Crippen molar-refractivity contribution in [3.8, 4) is 0 Å². The average Bonchev–Trinajstić information content (AvgIpc) is 3.02. The van der Waals surface area contributed by atoms with E-state index in [9.17, 15) is 19.7 Å². The first-order valence-corrected chi connectivity index (χ1v) is 8.81. The summed E-state index contributed by atoms with van der Waals surface area (Å²) in [4.78, 5) is 34.7. The van der Waals surface area contributed by atoms with Gasteiger partial charge in [0.25, 0.3) is 11.2 Å². The minimum Gasteiger partial charge on any atom is -0.354 e. The molecule has 0 aliphatic carbocycles. The third-order valence-electron chi connectivity index (χ3n) is 2.89. The molecule has 1 amide bonds. The van der Waals surface area contributed by atoms with E-state index in [-0.39, 0.29) is 18.1 Å². The maximum Gasteiger partial charge on any atom is 0.285 e. The first-order valence-electron chi connectivity index (χ1n) is 6.78. The topological polar surface area (TPSA) is 94.2 Å². The van der Waals surface area contributed by atoms with Crippen molar-refractivity contribution in [2.24, 2.45) is 0 Å². The quantitative estimate of drug-likeness (QED) is 0.444. The Labute approximate surface area is 140 Å². The molecule has 9 heteroatoms. The molecule has 0 aromatic carbocycles. The van der Waals surface area contributed by atoms with Crippen molar-refractivity contribution in [3.63, 3.8) is 0 Å². The van der Waals surface area contributed by atoms with Crippen LogP contribution in [0.15, 0.2) is 40.6 Å². The maximum absolute atomic E-state index is 11.8. The van der Waals surface area contributed by atoms with Crippen molar-refractivity contribution < 1.29 is 9.72 Å². The fraction of sp³-hybridized carbons (Fsp3) is 0.286. The number of hydrogen-bond donors (Lipinski definition) is 1. The van der Waals surface area contributed by atoms with Gasteiger partial charge in [0, 0.05) is 35.1 Å². The number of nitrogens with one attached hydrogen (secondary N) is 1. The van der Waals surface area contributed by atoms with Crippen LogP contribution in [0, 0.1) is 10.1 Å². The number of thioether (sulfide) groups is 1. The predicted octanol–water partition coefficient (Wildman–Crippen LogP) is 1.87. The van der Waals surface area contributed by atoms with Crippen LogP contribution in [0.25, 0.3) is 0 Å². The highest BCUT2D eigenvalue weighted by Crippen LogP contribution is 2.16. The summed E-state index contributed by atoms with van der Waals surface area (Å²) in [5, 5.41) is 15.4. The van der Waals surface area contributed by atoms with Crippen molar-refractivity contribution in [2.45, 2.75) is 12.3 Å². The molecule has 23 heavy (non-hydrogen) atoms. The molecule has 0 bridgehead atoms. The first-order chi connectivity index (χ1) is 11.1. The molecule has 0 unspecified atom stereocenters. The normalized spacial score (nSPS) is 10.4. The van der Waals surface area contributed by atoms with Crippen LogP contribution in [-0.2, 0) is 17.1 Å². The number of pyridine rings is 1. The number of thiophene rings is 1. The smallest absolute Gasteiger partial charge is 0.285 e. The molecule has 0 fully saturated rings. The summed E-state index contributed by atoms with van der Waals surface area (Å²) in [6.07, 6.45) is 1.08. The number of rotatable bonds is 8. The number of carbonyl (C=O) groups excluding carboxylic acids is 1.